The molecular weight excluding hydrogens is 588 g/mol. The van der Waals surface area contributed by atoms with Crippen LogP contribution in [0.15, 0.2) is 60.7 Å². The second-order valence-electron chi connectivity index (χ2n) is 11.4. The van der Waals surface area contributed by atoms with Crippen LogP contribution in [0.1, 0.15) is 52.1 Å². The van der Waals surface area contributed by atoms with Gasteiger partial charge in [0.25, 0.3) is 5.88 Å². The number of carbonyl (C=O) groups is 1. The van der Waals surface area contributed by atoms with Crippen molar-refractivity contribution in [2.24, 2.45) is 5.41 Å². The number of hydrogen-bond acceptors (Lipinski definition) is 5. The summed E-state index contributed by atoms with van der Waals surface area (Å²) in [5.74, 6) is -4.36. The quantitative estimate of drug-likeness (QED) is 0.163. The number of imidazole rings is 1. The van der Waals surface area contributed by atoms with Crippen molar-refractivity contribution in [1.82, 2.24) is 14.5 Å². The van der Waals surface area contributed by atoms with Crippen LogP contribution in [0.3, 0.4) is 0 Å². The van der Waals surface area contributed by atoms with E-state index in [1.807, 2.05) is 0 Å². The number of fused-ring (bicyclic) bond motifs is 1. The molecule has 5 aromatic rings. The zero-order valence-electron chi connectivity index (χ0n) is 24.1. The Morgan fingerprint density at radius 3 is 2.40 bits per heavy atom. The van der Waals surface area contributed by atoms with E-state index < -0.39 is 35.1 Å². The van der Waals surface area contributed by atoms with Crippen LogP contribution in [0.5, 0.6) is 5.88 Å². The molecule has 0 amide bonds. The largest absolute Gasteiger partial charge is 0.478 e. The molecule has 0 unspecified atom stereocenters. The van der Waals surface area contributed by atoms with Gasteiger partial charge in [-0.1, -0.05) is 12.1 Å². The molecule has 0 radical (unpaired) electrons. The van der Waals surface area contributed by atoms with E-state index >= 15 is 8.78 Å². The lowest BCUT2D eigenvalue weighted by atomic mass is 10.0. The molecule has 0 spiro atoms. The van der Waals surface area contributed by atoms with E-state index in [9.17, 15) is 23.9 Å². The number of pyridine rings is 1. The molecule has 1 aliphatic rings. The average Bonchev–Trinajstić information content (AvgIpc) is 3.68. The number of carboxylic acid groups (broad SMARTS) is 1. The van der Waals surface area contributed by atoms with Gasteiger partial charge in [-0.05, 0) is 73.9 Å². The van der Waals surface area contributed by atoms with Crippen LogP contribution in [-0.4, -0.2) is 25.6 Å². The number of nitriles is 1. The topological polar surface area (TPSA) is 101 Å². The fourth-order valence-electron chi connectivity index (χ4n) is 5.37. The SMILES string of the molecule is Cc1ccc(COc2nc(-c3cc(F)c(Cc4nc5ccc(C(=O)O)cc5n4CC4(CC#N)CC4)c(F)c3)ccc2F)c(F)c1. The maximum atomic E-state index is 15.6. The van der Waals surface area contributed by atoms with Gasteiger partial charge in [-0.2, -0.15) is 5.26 Å². The van der Waals surface area contributed by atoms with Gasteiger partial charge in [-0.25, -0.2) is 32.3 Å². The predicted octanol–water partition coefficient (Wildman–Crippen LogP) is 7.53. The molecular formula is C34H26F4N4O3. The number of aryl methyl sites for hydroxylation is 1. The van der Waals surface area contributed by atoms with Crippen molar-refractivity contribution in [2.45, 2.75) is 45.8 Å². The molecule has 2 aromatic heterocycles. The van der Waals surface area contributed by atoms with Crippen LogP contribution < -0.4 is 4.74 Å². The number of ether oxygens (including phenoxy) is 1. The molecule has 7 nitrogen and oxygen atoms in total. The lowest BCUT2D eigenvalue weighted by Crippen LogP contribution is -2.15. The van der Waals surface area contributed by atoms with Crippen molar-refractivity contribution in [3.05, 3.63) is 112 Å². The standard InChI is InChI=1S/C34H26F4N4O3/c1-19-2-3-21(25(36)12-19)17-45-32-24(35)5-7-28(41-32)22-13-26(37)23(27(38)14-22)16-31-40-29-6-4-20(33(43)44)15-30(29)42(31)18-34(8-9-34)10-11-39/h2-7,12-15H,8-10,16-18H2,1H3,(H,43,44). The highest BCUT2D eigenvalue weighted by Crippen LogP contribution is 2.50. The third-order valence-electron chi connectivity index (χ3n) is 8.14. The first-order valence-electron chi connectivity index (χ1n) is 14.2. The summed E-state index contributed by atoms with van der Waals surface area (Å²) < 4.78 is 67.0. The van der Waals surface area contributed by atoms with E-state index in [0.29, 0.717) is 35.4 Å². The Morgan fingerprint density at radius 1 is 0.978 bits per heavy atom. The average molecular weight is 615 g/mol. The van der Waals surface area contributed by atoms with Gasteiger partial charge < -0.3 is 14.4 Å². The summed E-state index contributed by atoms with van der Waals surface area (Å²) in [5, 5.41) is 18.8. The summed E-state index contributed by atoms with van der Waals surface area (Å²) in [4.78, 5) is 20.3. The molecule has 0 aliphatic heterocycles. The monoisotopic (exact) mass is 614 g/mol. The van der Waals surface area contributed by atoms with Gasteiger partial charge in [0.05, 0.1) is 28.4 Å². The number of rotatable bonds is 10. The molecule has 1 N–H and O–H groups in total. The van der Waals surface area contributed by atoms with Crippen molar-refractivity contribution in [2.75, 3.05) is 0 Å². The van der Waals surface area contributed by atoms with E-state index in [4.69, 9.17) is 4.74 Å². The molecule has 2 heterocycles. The van der Waals surface area contributed by atoms with Crippen LogP contribution in [0, 0.1) is 46.9 Å². The van der Waals surface area contributed by atoms with Crippen molar-refractivity contribution in [3.63, 3.8) is 0 Å². The fourth-order valence-corrected chi connectivity index (χ4v) is 5.37. The van der Waals surface area contributed by atoms with Gasteiger partial charge in [-0.3, -0.25) is 0 Å². The molecule has 0 bridgehead atoms. The first kappa shape index (κ1) is 29.8. The number of nitrogens with zero attached hydrogens (tertiary/aromatic N) is 4. The van der Waals surface area contributed by atoms with E-state index in [-0.39, 0.29) is 46.4 Å². The number of carboxylic acids is 1. The van der Waals surface area contributed by atoms with Crippen LogP contribution in [0.25, 0.3) is 22.3 Å². The van der Waals surface area contributed by atoms with Crippen molar-refractivity contribution >= 4 is 17.0 Å². The maximum Gasteiger partial charge on any atom is 0.335 e. The van der Waals surface area contributed by atoms with Crippen LogP contribution >= 0.6 is 0 Å². The number of aromatic carboxylic acids is 1. The number of benzene rings is 3. The molecule has 1 aliphatic carbocycles. The van der Waals surface area contributed by atoms with Crippen LogP contribution in [-0.2, 0) is 19.6 Å². The first-order valence-corrected chi connectivity index (χ1v) is 14.2. The van der Waals surface area contributed by atoms with E-state index in [1.54, 1.807) is 23.6 Å². The van der Waals surface area contributed by atoms with Crippen molar-refractivity contribution in [1.29, 1.82) is 5.26 Å². The Labute approximate surface area is 255 Å². The highest BCUT2D eigenvalue weighted by atomic mass is 19.1. The first-order chi connectivity index (χ1) is 21.6. The number of halogens is 4. The summed E-state index contributed by atoms with van der Waals surface area (Å²) >= 11 is 0. The molecule has 1 fully saturated rings. The van der Waals surface area contributed by atoms with Crippen LogP contribution in [0.4, 0.5) is 17.6 Å². The summed E-state index contributed by atoms with van der Waals surface area (Å²) in [5.41, 5.74) is 1.41. The zero-order chi connectivity index (χ0) is 31.9. The second-order valence-corrected chi connectivity index (χ2v) is 11.4. The zero-order valence-corrected chi connectivity index (χ0v) is 24.1. The molecule has 6 rings (SSSR count). The van der Waals surface area contributed by atoms with Crippen molar-refractivity contribution < 1.29 is 32.2 Å². The van der Waals surface area contributed by atoms with E-state index in [1.165, 1.54) is 30.3 Å². The van der Waals surface area contributed by atoms with Gasteiger partial charge in [0, 0.05) is 41.5 Å². The smallest absolute Gasteiger partial charge is 0.335 e. The molecule has 1 saturated carbocycles. The predicted molar refractivity (Wildman–Crippen MR) is 156 cm³/mol. The molecule has 228 valence electrons. The third kappa shape index (κ3) is 6.09. The highest BCUT2D eigenvalue weighted by molar-refractivity contribution is 5.92. The summed E-state index contributed by atoms with van der Waals surface area (Å²) in [6.45, 7) is 1.78. The van der Waals surface area contributed by atoms with Gasteiger partial charge in [0.1, 0.15) is 29.9 Å². The van der Waals surface area contributed by atoms with Crippen LogP contribution in [0.2, 0.25) is 0 Å². The molecule has 45 heavy (non-hydrogen) atoms. The van der Waals surface area contributed by atoms with Gasteiger partial charge in [0.2, 0.25) is 0 Å². The van der Waals surface area contributed by atoms with Gasteiger partial charge in [0.15, 0.2) is 5.82 Å². The second kappa shape index (κ2) is 11.7. The van der Waals surface area contributed by atoms with Crippen molar-refractivity contribution in [3.8, 4) is 23.2 Å². The Hall–Kier alpha value is -5.24. The fraction of sp³-hybridized carbons (Fsp3) is 0.235. The van der Waals surface area contributed by atoms with E-state index in [2.05, 4.69) is 16.0 Å². The normalized spacial score (nSPS) is 13.5. The van der Waals surface area contributed by atoms with Gasteiger partial charge in [-0.15, -0.1) is 0 Å². The minimum absolute atomic E-state index is 0.0330. The minimum atomic E-state index is -1.12. The highest BCUT2D eigenvalue weighted by Gasteiger charge is 2.43. The Kier molecular flexibility index (Phi) is 7.74. The molecule has 3 aromatic carbocycles. The lowest BCUT2D eigenvalue weighted by Gasteiger charge is -2.16. The molecule has 0 saturated heterocycles. The summed E-state index contributed by atoms with van der Waals surface area (Å²) in [6, 6.07) is 15.6. The maximum absolute atomic E-state index is 15.6. The Morgan fingerprint density at radius 2 is 1.73 bits per heavy atom. The summed E-state index contributed by atoms with van der Waals surface area (Å²) in [7, 11) is 0. The van der Waals surface area contributed by atoms with Gasteiger partial charge >= 0.3 is 5.97 Å². The molecule has 11 heteroatoms. The Bertz CT molecular complexity index is 1990. The minimum Gasteiger partial charge on any atom is -0.478 e. The third-order valence-corrected chi connectivity index (χ3v) is 8.14. The Balaban J connectivity index is 1.31. The van der Waals surface area contributed by atoms with E-state index in [0.717, 1.165) is 31.0 Å². The number of aromatic nitrogens is 3. The lowest BCUT2D eigenvalue weighted by molar-refractivity contribution is 0.0697. The molecule has 0 atom stereocenters. The summed E-state index contributed by atoms with van der Waals surface area (Å²) in [6.07, 6.45) is 1.64. The number of hydrogen-bond donors (Lipinski definition) is 1.